The zero-order valence-corrected chi connectivity index (χ0v) is 40.0. The van der Waals surface area contributed by atoms with Gasteiger partial charge in [0.05, 0.1) is 22.5 Å². The number of nitrogens with zero attached hydrogens (tertiary/aromatic N) is 7. The van der Waals surface area contributed by atoms with Gasteiger partial charge in [0, 0.05) is 92.3 Å². The highest BCUT2D eigenvalue weighted by Crippen LogP contribution is 2.39. The number of nitrogens with one attached hydrogen (secondary N) is 3. The van der Waals surface area contributed by atoms with Crippen molar-refractivity contribution in [3.63, 3.8) is 0 Å². The molecule has 0 radical (unpaired) electrons. The normalized spacial score (nSPS) is 20.6. The molecule has 2 bridgehead atoms. The first-order valence-electron chi connectivity index (χ1n) is 24.6. The van der Waals surface area contributed by atoms with Gasteiger partial charge in [-0.15, -0.1) is 0 Å². The van der Waals surface area contributed by atoms with E-state index in [1.54, 1.807) is 40.3 Å². The van der Waals surface area contributed by atoms with Crippen molar-refractivity contribution in [1.82, 2.24) is 40.2 Å². The lowest BCUT2D eigenvalue weighted by Gasteiger charge is -2.36. The van der Waals surface area contributed by atoms with E-state index in [2.05, 4.69) is 32.0 Å². The lowest BCUT2D eigenvalue weighted by atomic mass is 9.91. The van der Waals surface area contributed by atoms with Gasteiger partial charge in [0.2, 0.25) is 24.1 Å². The number of hydrogen-bond acceptors (Lipinski definition) is 11. The van der Waals surface area contributed by atoms with Gasteiger partial charge in [0.1, 0.15) is 23.4 Å². The molecule has 0 aliphatic carbocycles. The Morgan fingerprint density at radius 1 is 0.958 bits per heavy atom. The van der Waals surface area contributed by atoms with Crippen LogP contribution >= 0.6 is 0 Å². The van der Waals surface area contributed by atoms with E-state index >= 15 is 0 Å². The number of aryl methyl sites for hydroxylation is 1. The van der Waals surface area contributed by atoms with Crippen LogP contribution in [0.25, 0.3) is 28.2 Å². The number of likely N-dealkylation sites (tertiary alicyclic amines) is 2. The highest BCUT2D eigenvalue weighted by Gasteiger charge is 2.42. The fraction of sp³-hybridized carbons (Fsp3) is 0.423. The molecule has 72 heavy (non-hydrogen) atoms. The summed E-state index contributed by atoms with van der Waals surface area (Å²) in [6.45, 7) is 4.07. The van der Waals surface area contributed by atoms with Crippen molar-refractivity contribution < 1.29 is 42.3 Å². The number of allylic oxidation sites excluding steroid dienone is 1. The van der Waals surface area contributed by atoms with Gasteiger partial charge in [-0.1, -0.05) is 36.8 Å². The highest BCUT2D eigenvalue weighted by atomic mass is 19.4. The largest absolute Gasteiger partial charge is 0.416 e. The van der Waals surface area contributed by atoms with Crippen LogP contribution in [0, 0.1) is 12.8 Å². The van der Waals surface area contributed by atoms with Gasteiger partial charge in [0.15, 0.2) is 0 Å². The number of nitrogens with two attached hydrogens (primary N) is 1. The second-order valence-electron chi connectivity index (χ2n) is 19.1. The molecule has 3 aromatic heterocycles. The Balaban J connectivity index is 0.890. The van der Waals surface area contributed by atoms with Crippen LogP contribution in [-0.2, 0) is 20.6 Å². The van der Waals surface area contributed by atoms with Crippen molar-refractivity contribution >= 4 is 63.8 Å². The summed E-state index contributed by atoms with van der Waals surface area (Å²) < 4.78 is 41.8. The molecule has 4 aliphatic rings. The third-order valence-electron chi connectivity index (χ3n) is 14.3. The molecule has 9 rings (SSSR count). The Hall–Kier alpha value is -7.35. The molecule has 1 unspecified atom stereocenters. The Kier molecular flexibility index (Phi) is 14.6. The van der Waals surface area contributed by atoms with E-state index in [0.717, 1.165) is 74.4 Å². The van der Waals surface area contributed by atoms with Gasteiger partial charge in [0.25, 0.3) is 11.8 Å². The van der Waals surface area contributed by atoms with Gasteiger partial charge in [-0.2, -0.15) is 18.3 Å². The minimum atomic E-state index is -4.61. The summed E-state index contributed by atoms with van der Waals surface area (Å²) in [4.78, 5) is 80.6. The van der Waals surface area contributed by atoms with E-state index in [1.807, 2.05) is 28.6 Å². The van der Waals surface area contributed by atoms with Crippen LogP contribution in [0.1, 0.15) is 114 Å². The number of fused-ring (bicyclic) bond motifs is 3. The Labute approximate surface area is 414 Å². The average Bonchev–Trinajstić information content (AvgIpc) is 4.00. The molecule has 20 heteroatoms. The third-order valence-corrected chi connectivity index (χ3v) is 14.3. The number of alkyl halides is 3. The number of carbonyl (C=O) groups excluding carboxylic acids is 5. The number of nitrogen functional groups attached to an aromatic ring is 1. The molecule has 7 heterocycles. The van der Waals surface area contributed by atoms with E-state index in [1.165, 1.54) is 12.1 Å². The maximum absolute atomic E-state index is 14.3. The van der Waals surface area contributed by atoms with Crippen LogP contribution in [0.3, 0.4) is 0 Å². The van der Waals surface area contributed by atoms with Crippen LogP contribution < -0.4 is 26.6 Å². The van der Waals surface area contributed by atoms with Crippen LogP contribution in [0.4, 0.5) is 30.5 Å². The Morgan fingerprint density at radius 3 is 2.50 bits per heavy atom. The maximum atomic E-state index is 14.3. The zero-order valence-electron chi connectivity index (χ0n) is 40.0. The molecule has 6 N–H and O–H groups in total. The van der Waals surface area contributed by atoms with Crippen LogP contribution in [-0.4, -0.2) is 109 Å². The van der Waals surface area contributed by atoms with Gasteiger partial charge in [-0.3, -0.25) is 28.7 Å². The number of amides is 5. The van der Waals surface area contributed by atoms with Crippen molar-refractivity contribution in [3.8, 4) is 11.3 Å². The number of benzene rings is 2. The van der Waals surface area contributed by atoms with Gasteiger partial charge in [-0.25, -0.2) is 9.97 Å². The minimum absolute atomic E-state index is 0.0971. The number of aliphatic hydroxyl groups is 1. The molecule has 5 aromatic rings. The van der Waals surface area contributed by atoms with Gasteiger partial charge >= 0.3 is 6.18 Å². The molecule has 0 spiro atoms. The second-order valence-corrected chi connectivity index (χ2v) is 19.1. The summed E-state index contributed by atoms with van der Waals surface area (Å²) >= 11 is 0. The van der Waals surface area contributed by atoms with Crippen LogP contribution in [0.5, 0.6) is 0 Å². The molecule has 5 amide bonds. The van der Waals surface area contributed by atoms with Crippen molar-refractivity contribution in [2.24, 2.45) is 5.92 Å². The molecular formula is C52H58F3N11O6. The maximum Gasteiger partial charge on any atom is 0.416 e. The van der Waals surface area contributed by atoms with Gasteiger partial charge in [-0.05, 0) is 99.7 Å². The van der Waals surface area contributed by atoms with Crippen LogP contribution in [0.15, 0.2) is 73.1 Å². The molecule has 2 aromatic carbocycles. The number of halogens is 3. The predicted molar refractivity (Wildman–Crippen MR) is 264 cm³/mol. The van der Waals surface area contributed by atoms with Gasteiger partial charge < -0.3 is 41.5 Å². The fourth-order valence-corrected chi connectivity index (χ4v) is 10.3. The Bertz CT molecular complexity index is 2900. The fourth-order valence-electron chi connectivity index (χ4n) is 10.3. The molecule has 4 aliphatic heterocycles. The molecular weight excluding hydrogens is 932 g/mol. The first-order valence-corrected chi connectivity index (χ1v) is 24.6. The average molecular weight is 990 g/mol. The summed E-state index contributed by atoms with van der Waals surface area (Å²) in [5.74, 6) is -1.07. The van der Waals surface area contributed by atoms with E-state index in [9.17, 15) is 42.3 Å². The topological polar surface area (TPSA) is 221 Å². The van der Waals surface area contributed by atoms with E-state index in [0.29, 0.717) is 78.3 Å². The van der Waals surface area contributed by atoms with Crippen molar-refractivity contribution in [3.05, 3.63) is 101 Å². The number of carbonyl (C=O) groups is 5. The minimum Gasteiger partial charge on any atom is -0.383 e. The number of rotatable bonds is 9. The first kappa shape index (κ1) is 49.6. The van der Waals surface area contributed by atoms with Crippen LogP contribution in [0.2, 0.25) is 0 Å². The Morgan fingerprint density at radius 2 is 1.74 bits per heavy atom. The summed E-state index contributed by atoms with van der Waals surface area (Å²) in [5.41, 5.74) is 10.4. The van der Waals surface area contributed by atoms with Crippen molar-refractivity contribution in [2.45, 2.75) is 102 Å². The zero-order chi connectivity index (χ0) is 50.7. The van der Waals surface area contributed by atoms with Crippen molar-refractivity contribution in [2.75, 3.05) is 48.7 Å². The smallest absolute Gasteiger partial charge is 0.383 e. The number of piperidine rings is 1. The molecule has 3 fully saturated rings. The second kappa shape index (κ2) is 21.2. The lowest BCUT2D eigenvalue weighted by molar-refractivity contribution is -0.138. The van der Waals surface area contributed by atoms with E-state index < -0.39 is 36.1 Å². The van der Waals surface area contributed by atoms with Crippen molar-refractivity contribution in [1.29, 1.82) is 0 Å². The highest BCUT2D eigenvalue weighted by molar-refractivity contribution is 6.06. The first-order chi connectivity index (χ1) is 34.6. The number of anilines is 3. The predicted octanol–water partition coefficient (Wildman–Crippen LogP) is 6.83. The number of pyridine rings is 2. The monoisotopic (exact) mass is 989 g/mol. The molecule has 378 valence electrons. The quantitative estimate of drug-likeness (QED) is 0.103. The molecule has 3 atom stereocenters. The SMILES string of the molecule is Cc1ccc(C(=O)N2CCC(CCCC(=O)N3C[C@@H]4C[C@@H]3C(=O)NCCCCC/C=C/c3cnc(N)c5c(-c6ccc(C(=O)Nc7cc(C(F)(F)F)ccn7)cc6)nn4c35)CC2)cc1N1CCC(=O)NC1O. The summed E-state index contributed by atoms with van der Waals surface area (Å²) in [7, 11) is 0. The van der Waals surface area contributed by atoms with E-state index in [4.69, 9.17) is 10.8 Å². The summed E-state index contributed by atoms with van der Waals surface area (Å²) in [5, 5.41) is 24.3. The number of hydrogen-bond donors (Lipinski definition) is 5. The molecule has 0 saturated carbocycles. The summed E-state index contributed by atoms with van der Waals surface area (Å²) in [6, 6.07) is 12.2. The number of aromatic nitrogens is 4. The number of aliphatic hydroxyl groups excluding tert-OH is 1. The van der Waals surface area contributed by atoms with E-state index in [-0.39, 0.29) is 60.2 Å². The lowest BCUT2D eigenvalue weighted by Crippen LogP contribution is -2.54. The summed E-state index contributed by atoms with van der Waals surface area (Å²) in [6.07, 6.45) is 8.09. The third kappa shape index (κ3) is 10.8. The molecule has 3 saturated heterocycles. The molecule has 17 nitrogen and oxygen atoms in total. The standard InChI is InChI=1S/C52H58F3N11O6/c1-31-11-12-35(26-39(31)64-25-20-42(67)61-51(64)72)50(71)63-23-18-32(19-24-63)8-7-10-43(68)65-30-38-28-40(65)49(70)58-21-6-4-2-3-5-9-36-29-59-47(56)44-45(62-66(38)46(36)44)33-13-15-34(16-14-33)48(69)60-41-27-37(17-22-57-41)52(53,54)55/h5,9,11-17,22,26-27,29,32,38,40,51,72H,2-4,6-8,10,18-21,23-25,28,30H2,1H3,(H2,56,59)(H,58,70)(H,61,67)(H,57,60,69)/b9-5+/t38-,40+,51?/m0/s1.